The molecule has 0 unspecified atom stereocenters. The van der Waals surface area contributed by atoms with Crippen molar-refractivity contribution in [1.82, 2.24) is 24.1 Å². The molecule has 5 rings (SSSR count). The molecule has 0 radical (unpaired) electrons. The third-order valence-electron chi connectivity index (χ3n) is 6.65. The largest absolute Gasteiger partial charge is 0.352 e. The van der Waals surface area contributed by atoms with Crippen molar-refractivity contribution in [2.45, 2.75) is 64.6 Å². The Morgan fingerprint density at radius 2 is 1.91 bits per heavy atom. The molecule has 1 N–H and O–H groups in total. The average Bonchev–Trinajstić information content (AvgIpc) is 3.17. The fraction of sp³-hybridized carbons (Fsp3) is 0.385. The first-order chi connectivity index (χ1) is 17.0. The second-order valence-electron chi connectivity index (χ2n) is 9.20. The lowest BCUT2D eigenvalue weighted by Crippen LogP contribution is -2.36. The molecule has 1 amide bonds. The SMILES string of the molecule is CCCn1c(=O)c2ccc(C(=O)NC3CCCCC3)cc2n2c(=O)n(Cc3cccc(Cl)c3)nc12. The minimum atomic E-state index is -0.375. The fourth-order valence-corrected chi connectivity index (χ4v) is 5.12. The number of aromatic nitrogens is 4. The van der Waals surface area contributed by atoms with Crippen LogP contribution in [0.5, 0.6) is 0 Å². The zero-order chi connectivity index (χ0) is 24.5. The summed E-state index contributed by atoms with van der Waals surface area (Å²) in [5.74, 6) is 0.0743. The molecule has 182 valence electrons. The minimum absolute atomic E-state index is 0.160. The van der Waals surface area contributed by atoms with Gasteiger partial charge in [-0.25, -0.2) is 13.9 Å². The number of nitrogens with one attached hydrogen (secondary N) is 1. The van der Waals surface area contributed by atoms with Crippen LogP contribution in [0.4, 0.5) is 0 Å². The molecule has 2 heterocycles. The van der Waals surface area contributed by atoms with Gasteiger partial charge in [0.25, 0.3) is 11.5 Å². The van der Waals surface area contributed by atoms with Gasteiger partial charge < -0.3 is 5.32 Å². The highest BCUT2D eigenvalue weighted by Crippen LogP contribution is 2.19. The molecule has 0 spiro atoms. The summed E-state index contributed by atoms with van der Waals surface area (Å²) in [6.07, 6.45) is 6.08. The molecule has 0 bridgehead atoms. The van der Waals surface area contributed by atoms with Crippen molar-refractivity contribution in [2.75, 3.05) is 0 Å². The predicted octanol–water partition coefficient (Wildman–Crippen LogP) is 3.99. The quantitative estimate of drug-likeness (QED) is 0.440. The summed E-state index contributed by atoms with van der Waals surface area (Å²) in [6, 6.07) is 12.3. The Bertz CT molecular complexity index is 1530. The van der Waals surface area contributed by atoms with E-state index in [9.17, 15) is 14.4 Å². The summed E-state index contributed by atoms with van der Waals surface area (Å²) >= 11 is 6.12. The smallest absolute Gasteiger partial charge is 0.349 e. The van der Waals surface area contributed by atoms with Gasteiger partial charge in [0.15, 0.2) is 0 Å². The van der Waals surface area contributed by atoms with Gasteiger partial charge in [0.1, 0.15) is 0 Å². The Labute approximate surface area is 207 Å². The number of halogens is 1. The molecule has 2 aromatic heterocycles. The summed E-state index contributed by atoms with van der Waals surface area (Å²) in [7, 11) is 0. The van der Waals surface area contributed by atoms with Crippen molar-refractivity contribution in [1.29, 1.82) is 0 Å². The van der Waals surface area contributed by atoms with Crippen LogP contribution in [0.2, 0.25) is 5.02 Å². The van der Waals surface area contributed by atoms with Crippen molar-refractivity contribution in [3.63, 3.8) is 0 Å². The number of aryl methyl sites for hydroxylation is 1. The van der Waals surface area contributed by atoms with E-state index in [1.54, 1.807) is 30.3 Å². The normalized spacial score (nSPS) is 14.6. The van der Waals surface area contributed by atoms with Crippen molar-refractivity contribution in [3.8, 4) is 0 Å². The van der Waals surface area contributed by atoms with Gasteiger partial charge in [-0.2, -0.15) is 0 Å². The van der Waals surface area contributed by atoms with Crippen LogP contribution in [0.1, 0.15) is 61.4 Å². The molecule has 8 nitrogen and oxygen atoms in total. The number of hydrogen-bond acceptors (Lipinski definition) is 4. The van der Waals surface area contributed by atoms with E-state index in [2.05, 4.69) is 10.4 Å². The maximum Gasteiger partial charge on any atom is 0.352 e. The first-order valence-electron chi connectivity index (χ1n) is 12.2. The number of carbonyl (C=O) groups is 1. The number of nitrogens with zero attached hydrogens (tertiary/aromatic N) is 4. The van der Waals surface area contributed by atoms with Gasteiger partial charge in [0, 0.05) is 23.2 Å². The second kappa shape index (κ2) is 9.70. The molecular formula is C26H28ClN5O3. The van der Waals surface area contributed by atoms with Gasteiger partial charge in [-0.1, -0.05) is 49.9 Å². The van der Waals surface area contributed by atoms with Crippen LogP contribution in [0.15, 0.2) is 52.1 Å². The number of benzene rings is 2. The molecular weight excluding hydrogens is 466 g/mol. The molecule has 1 fully saturated rings. The van der Waals surface area contributed by atoms with Gasteiger partial charge >= 0.3 is 5.69 Å². The molecule has 2 aromatic carbocycles. The second-order valence-corrected chi connectivity index (χ2v) is 9.64. The van der Waals surface area contributed by atoms with Crippen LogP contribution in [0, 0.1) is 0 Å². The molecule has 9 heteroatoms. The summed E-state index contributed by atoms with van der Waals surface area (Å²) in [5, 5.41) is 8.58. The maximum atomic E-state index is 13.5. The number of hydrogen-bond donors (Lipinski definition) is 1. The predicted molar refractivity (Wildman–Crippen MR) is 136 cm³/mol. The zero-order valence-corrected chi connectivity index (χ0v) is 20.4. The van der Waals surface area contributed by atoms with E-state index in [-0.39, 0.29) is 35.5 Å². The van der Waals surface area contributed by atoms with E-state index in [0.717, 1.165) is 31.2 Å². The standard InChI is InChI=1S/C26H28ClN5O3/c1-2-13-30-24(34)21-12-11-18(23(33)28-20-9-4-3-5-10-20)15-22(21)32-25(30)29-31(26(32)35)16-17-7-6-8-19(27)14-17/h6-8,11-12,14-15,20H,2-5,9-10,13,16H2,1H3,(H,28,33). The lowest BCUT2D eigenvalue weighted by molar-refractivity contribution is 0.0928. The van der Waals surface area contributed by atoms with Crippen LogP contribution in [-0.4, -0.2) is 30.7 Å². The third kappa shape index (κ3) is 4.50. The van der Waals surface area contributed by atoms with E-state index < -0.39 is 0 Å². The van der Waals surface area contributed by atoms with Crippen LogP contribution in [0.3, 0.4) is 0 Å². The van der Waals surface area contributed by atoms with Gasteiger partial charge in [-0.15, -0.1) is 5.10 Å². The van der Waals surface area contributed by atoms with Crippen molar-refractivity contribution < 1.29 is 4.79 Å². The monoisotopic (exact) mass is 493 g/mol. The van der Waals surface area contributed by atoms with E-state index >= 15 is 0 Å². The molecule has 1 aliphatic carbocycles. The Morgan fingerprint density at radius 1 is 1.11 bits per heavy atom. The summed E-state index contributed by atoms with van der Waals surface area (Å²) in [4.78, 5) is 39.8. The lowest BCUT2D eigenvalue weighted by Gasteiger charge is -2.22. The van der Waals surface area contributed by atoms with Gasteiger partial charge in [-0.05, 0) is 55.2 Å². The minimum Gasteiger partial charge on any atom is -0.349 e. The van der Waals surface area contributed by atoms with E-state index in [4.69, 9.17) is 11.6 Å². The van der Waals surface area contributed by atoms with Gasteiger partial charge in [0.2, 0.25) is 5.78 Å². The summed E-state index contributed by atoms with van der Waals surface area (Å²) in [6.45, 7) is 2.60. The summed E-state index contributed by atoms with van der Waals surface area (Å²) < 4.78 is 4.30. The van der Waals surface area contributed by atoms with E-state index in [1.165, 1.54) is 20.1 Å². The van der Waals surface area contributed by atoms with Gasteiger partial charge in [-0.3, -0.25) is 14.2 Å². The maximum absolute atomic E-state index is 13.5. The number of amides is 1. The summed E-state index contributed by atoms with van der Waals surface area (Å²) in [5.41, 5.74) is 1.03. The van der Waals surface area contributed by atoms with Crippen molar-refractivity contribution in [3.05, 3.63) is 79.5 Å². The van der Waals surface area contributed by atoms with Crippen LogP contribution in [-0.2, 0) is 13.1 Å². The number of carbonyl (C=O) groups excluding carboxylic acids is 1. The first kappa shape index (κ1) is 23.4. The number of fused-ring (bicyclic) bond motifs is 3. The topological polar surface area (TPSA) is 90.4 Å². The van der Waals surface area contributed by atoms with Crippen LogP contribution >= 0.6 is 11.6 Å². The highest BCUT2D eigenvalue weighted by Gasteiger charge is 2.21. The Kier molecular flexibility index (Phi) is 6.47. The molecule has 0 aliphatic heterocycles. The van der Waals surface area contributed by atoms with Crippen LogP contribution in [0.25, 0.3) is 16.7 Å². The average molecular weight is 494 g/mol. The van der Waals surface area contributed by atoms with Crippen LogP contribution < -0.4 is 16.6 Å². The Hall–Kier alpha value is -3.39. The Morgan fingerprint density at radius 3 is 2.66 bits per heavy atom. The number of rotatable bonds is 6. The highest BCUT2D eigenvalue weighted by atomic mass is 35.5. The highest BCUT2D eigenvalue weighted by molar-refractivity contribution is 6.30. The molecule has 1 saturated carbocycles. The molecule has 35 heavy (non-hydrogen) atoms. The van der Waals surface area contributed by atoms with Crippen molar-refractivity contribution >= 4 is 34.2 Å². The third-order valence-corrected chi connectivity index (χ3v) is 6.88. The first-order valence-corrected chi connectivity index (χ1v) is 12.6. The Balaban J connectivity index is 1.64. The fourth-order valence-electron chi connectivity index (χ4n) is 4.91. The lowest BCUT2D eigenvalue weighted by atomic mass is 9.95. The molecule has 4 aromatic rings. The van der Waals surface area contributed by atoms with E-state index in [1.807, 2.05) is 19.1 Å². The molecule has 0 atom stereocenters. The van der Waals surface area contributed by atoms with Crippen molar-refractivity contribution in [2.24, 2.45) is 0 Å². The zero-order valence-electron chi connectivity index (χ0n) is 19.7. The van der Waals surface area contributed by atoms with Gasteiger partial charge in [0.05, 0.1) is 17.4 Å². The molecule has 1 aliphatic rings. The molecule has 0 saturated heterocycles. The van der Waals surface area contributed by atoms with E-state index in [0.29, 0.717) is 34.5 Å².